The summed E-state index contributed by atoms with van der Waals surface area (Å²) in [5, 5.41) is 0. The number of carbonyl (C=O) groups is 1. The summed E-state index contributed by atoms with van der Waals surface area (Å²) < 4.78 is 5.30. The first-order valence-electron chi connectivity index (χ1n) is 4.52. The van der Waals surface area contributed by atoms with Crippen molar-refractivity contribution in [2.45, 2.75) is 20.3 Å². The van der Waals surface area contributed by atoms with Crippen molar-refractivity contribution in [1.29, 1.82) is 0 Å². The van der Waals surface area contributed by atoms with Crippen molar-refractivity contribution in [3.05, 3.63) is 29.3 Å². The Kier molecular flexibility index (Phi) is 3.50. The number of hydrogen-bond donors (Lipinski definition) is 0. The molecule has 0 unspecified atom stereocenters. The quantitative estimate of drug-likeness (QED) is 0.662. The second-order valence-electron chi connectivity index (χ2n) is 2.78. The average Bonchev–Trinajstić information content (AvgIpc) is 2.19. The van der Waals surface area contributed by atoms with E-state index in [1.54, 1.807) is 0 Å². The van der Waals surface area contributed by atoms with Gasteiger partial charge >= 0.3 is 0 Å². The molecule has 1 aromatic carbocycles. The van der Waals surface area contributed by atoms with Gasteiger partial charge in [-0.15, -0.1) is 0 Å². The fraction of sp³-hybridized carbons (Fsp3) is 0.364. The molecule has 0 N–H and O–H groups in total. The van der Waals surface area contributed by atoms with E-state index in [4.69, 9.17) is 4.74 Å². The van der Waals surface area contributed by atoms with Gasteiger partial charge in [0.05, 0.1) is 12.2 Å². The molecule has 0 saturated heterocycles. The first kappa shape index (κ1) is 9.78. The van der Waals surface area contributed by atoms with E-state index in [2.05, 4.69) is 6.92 Å². The zero-order valence-electron chi connectivity index (χ0n) is 8.04. The lowest BCUT2D eigenvalue weighted by Gasteiger charge is -2.06. The number of hydrogen-bond acceptors (Lipinski definition) is 2. The molecular weight excluding hydrogens is 164 g/mol. The van der Waals surface area contributed by atoms with Gasteiger partial charge in [0.2, 0.25) is 0 Å². The molecule has 0 heterocycles. The summed E-state index contributed by atoms with van der Waals surface area (Å²) in [4.78, 5) is 10.7. The molecule has 0 aliphatic heterocycles. The Hall–Kier alpha value is -1.31. The molecule has 0 atom stereocenters. The maximum Gasteiger partial charge on any atom is 0.153 e. The molecule has 0 aliphatic carbocycles. The number of aldehydes is 1. The largest absolute Gasteiger partial charge is 0.493 e. The van der Waals surface area contributed by atoms with Gasteiger partial charge in [0, 0.05) is 0 Å². The summed E-state index contributed by atoms with van der Waals surface area (Å²) in [5.74, 6) is 0.676. The van der Waals surface area contributed by atoms with Crippen LogP contribution in [0.3, 0.4) is 0 Å². The minimum Gasteiger partial charge on any atom is -0.493 e. The van der Waals surface area contributed by atoms with Crippen LogP contribution >= 0.6 is 0 Å². The first-order chi connectivity index (χ1) is 6.31. The highest BCUT2D eigenvalue weighted by Gasteiger charge is 2.02. The molecule has 0 fully saturated rings. The van der Waals surface area contributed by atoms with E-state index >= 15 is 0 Å². The van der Waals surface area contributed by atoms with Gasteiger partial charge in [-0.3, -0.25) is 4.79 Å². The van der Waals surface area contributed by atoms with E-state index in [0.29, 0.717) is 17.9 Å². The van der Waals surface area contributed by atoms with Crippen LogP contribution in [0, 0.1) is 0 Å². The number of aryl methyl sites for hydroxylation is 1. The first-order valence-corrected chi connectivity index (χ1v) is 4.52. The minimum atomic E-state index is 0.590. The van der Waals surface area contributed by atoms with E-state index in [0.717, 1.165) is 18.3 Å². The Bertz CT molecular complexity index is 292. The highest BCUT2D eigenvalue weighted by Crippen LogP contribution is 2.18. The Balaban J connectivity index is 3.00. The van der Waals surface area contributed by atoms with Gasteiger partial charge in [0.15, 0.2) is 6.29 Å². The lowest BCUT2D eigenvalue weighted by molar-refractivity contribution is 0.112. The summed E-state index contributed by atoms with van der Waals surface area (Å²) in [6.45, 7) is 4.55. The Labute approximate surface area is 78.5 Å². The molecule has 0 spiro atoms. The lowest BCUT2D eigenvalue weighted by atomic mass is 10.1. The molecule has 1 aromatic rings. The number of carbonyl (C=O) groups excluding carboxylic acids is 1. The SMILES string of the molecule is CCOc1ccc(CC)cc1C=O. The maximum absolute atomic E-state index is 10.7. The van der Waals surface area contributed by atoms with Crippen LogP contribution in [0.25, 0.3) is 0 Å². The second kappa shape index (κ2) is 4.65. The minimum absolute atomic E-state index is 0.590. The third-order valence-electron chi connectivity index (χ3n) is 1.91. The van der Waals surface area contributed by atoms with Crippen molar-refractivity contribution in [2.75, 3.05) is 6.61 Å². The molecule has 0 aromatic heterocycles. The van der Waals surface area contributed by atoms with E-state index < -0.39 is 0 Å². The highest BCUT2D eigenvalue weighted by molar-refractivity contribution is 5.79. The summed E-state index contributed by atoms with van der Waals surface area (Å²) in [6, 6.07) is 5.71. The van der Waals surface area contributed by atoms with Crippen molar-refractivity contribution in [2.24, 2.45) is 0 Å². The zero-order chi connectivity index (χ0) is 9.68. The van der Waals surface area contributed by atoms with Gasteiger partial charge in [-0.2, -0.15) is 0 Å². The number of benzene rings is 1. The second-order valence-corrected chi connectivity index (χ2v) is 2.78. The van der Waals surface area contributed by atoms with E-state index in [9.17, 15) is 4.79 Å². The van der Waals surface area contributed by atoms with Gasteiger partial charge in [-0.05, 0) is 31.0 Å². The van der Waals surface area contributed by atoms with Crippen molar-refractivity contribution in [3.63, 3.8) is 0 Å². The Morgan fingerprint density at radius 2 is 2.15 bits per heavy atom. The van der Waals surface area contributed by atoms with Crippen LogP contribution in [-0.4, -0.2) is 12.9 Å². The molecule has 0 aliphatic rings. The van der Waals surface area contributed by atoms with Crippen LogP contribution in [0.2, 0.25) is 0 Å². The van der Waals surface area contributed by atoms with Crippen LogP contribution in [-0.2, 0) is 6.42 Å². The molecule has 0 saturated carbocycles. The molecule has 1 rings (SSSR count). The third kappa shape index (κ3) is 2.31. The van der Waals surface area contributed by atoms with Gasteiger partial charge in [0.1, 0.15) is 5.75 Å². The van der Waals surface area contributed by atoms with E-state index in [-0.39, 0.29) is 0 Å². The predicted octanol–water partition coefficient (Wildman–Crippen LogP) is 2.46. The summed E-state index contributed by atoms with van der Waals surface area (Å²) in [7, 11) is 0. The van der Waals surface area contributed by atoms with Gasteiger partial charge in [-0.25, -0.2) is 0 Å². The average molecular weight is 178 g/mol. The van der Waals surface area contributed by atoms with Crippen LogP contribution in [0.1, 0.15) is 29.8 Å². The van der Waals surface area contributed by atoms with Crippen molar-refractivity contribution in [1.82, 2.24) is 0 Å². The zero-order valence-corrected chi connectivity index (χ0v) is 8.04. The van der Waals surface area contributed by atoms with Crippen LogP contribution < -0.4 is 4.74 Å². The Morgan fingerprint density at radius 1 is 1.38 bits per heavy atom. The number of ether oxygens (including phenoxy) is 1. The highest BCUT2D eigenvalue weighted by atomic mass is 16.5. The van der Waals surface area contributed by atoms with Crippen molar-refractivity contribution in [3.8, 4) is 5.75 Å². The molecule has 13 heavy (non-hydrogen) atoms. The normalized spacial score (nSPS) is 9.69. The standard InChI is InChI=1S/C11H14O2/c1-3-9-5-6-11(13-4-2)10(7-9)8-12/h5-8H,3-4H2,1-2H3. The predicted molar refractivity (Wildman–Crippen MR) is 52.4 cm³/mol. The van der Waals surface area contributed by atoms with E-state index in [1.165, 1.54) is 0 Å². The van der Waals surface area contributed by atoms with Crippen LogP contribution in [0.5, 0.6) is 5.75 Å². The molecule has 0 amide bonds. The molecular formula is C11H14O2. The topological polar surface area (TPSA) is 26.3 Å². The maximum atomic E-state index is 10.7. The molecule has 0 radical (unpaired) electrons. The van der Waals surface area contributed by atoms with E-state index in [1.807, 2.05) is 25.1 Å². The van der Waals surface area contributed by atoms with Crippen molar-refractivity contribution < 1.29 is 9.53 Å². The monoisotopic (exact) mass is 178 g/mol. The fourth-order valence-corrected chi connectivity index (χ4v) is 1.20. The Morgan fingerprint density at radius 3 is 2.69 bits per heavy atom. The third-order valence-corrected chi connectivity index (χ3v) is 1.91. The van der Waals surface area contributed by atoms with Crippen LogP contribution in [0.15, 0.2) is 18.2 Å². The summed E-state index contributed by atoms with van der Waals surface area (Å²) in [5.41, 5.74) is 1.80. The smallest absolute Gasteiger partial charge is 0.153 e. The lowest BCUT2D eigenvalue weighted by Crippen LogP contribution is -1.96. The van der Waals surface area contributed by atoms with Gasteiger partial charge in [0.25, 0.3) is 0 Å². The summed E-state index contributed by atoms with van der Waals surface area (Å²) >= 11 is 0. The molecule has 0 bridgehead atoms. The van der Waals surface area contributed by atoms with Gasteiger partial charge in [-0.1, -0.05) is 13.0 Å². The number of rotatable bonds is 4. The molecule has 70 valence electrons. The fourth-order valence-electron chi connectivity index (χ4n) is 1.20. The summed E-state index contributed by atoms with van der Waals surface area (Å²) in [6.07, 6.45) is 1.78. The van der Waals surface area contributed by atoms with Crippen molar-refractivity contribution >= 4 is 6.29 Å². The van der Waals surface area contributed by atoms with Gasteiger partial charge < -0.3 is 4.74 Å². The van der Waals surface area contributed by atoms with Crippen LogP contribution in [0.4, 0.5) is 0 Å². The molecule has 2 heteroatoms. The molecule has 2 nitrogen and oxygen atoms in total.